The maximum absolute atomic E-state index is 12.6. The van der Waals surface area contributed by atoms with Crippen molar-refractivity contribution in [1.82, 2.24) is 9.62 Å². The second-order valence-corrected chi connectivity index (χ2v) is 7.69. The molecule has 7 heteroatoms. The van der Waals surface area contributed by atoms with Crippen LogP contribution in [-0.2, 0) is 14.8 Å². The summed E-state index contributed by atoms with van der Waals surface area (Å²) in [7, 11) is -1.63. The summed E-state index contributed by atoms with van der Waals surface area (Å²) < 4.78 is 26.8. The fourth-order valence-corrected chi connectivity index (χ4v) is 4.20. The summed E-state index contributed by atoms with van der Waals surface area (Å²) in [5, 5.41) is 5.75. The summed E-state index contributed by atoms with van der Waals surface area (Å²) in [6.45, 7) is 1.92. The summed E-state index contributed by atoms with van der Waals surface area (Å²) in [5.41, 5.74) is 0.526. The van der Waals surface area contributed by atoms with Gasteiger partial charge in [-0.1, -0.05) is 12.5 Å². The van der Waals surface area contributed by atoms with Crippen molar-refractivity contribution in [1.29, 1.82) is 0 Å². The minimum absolute atomic E-state index is 0.104. The predicted octanol–water partition coefficient (Wildman–Crippen LogP) is 1.80. The Labute approximate surface area is 138 Å². The molecule has 1 aromatic rings. The molecular formula is C16H25N3O3S. The van der Waals surface area contributed by atoms with Crippen LogP contribution in [0.15, 0.2) is 29.2 Å². The van der Waals surface area contributed by atoms with E-state index in [1.165, 1.54) is 4.31 Å². The summed E-state index contributed by atoms with van der Waals surface area (Å²) >= 11 is 0. The van der Waals surface area contributed by atoms with E-state index in [4.69, 9.17) is 0 Å². The van der Waals surface area contributed by atoms with Gasteiger partial charge in [-0.3, -0.25) is 4.79 Å². The van der Waals surface area contributed by atoms with Crippen LogP contribution in [0.25, 0.3) is 0 Å². The van der Waals surface area contributed by atoms with Crippen LogP contribution in [0.3, 0.4) is 0 Å². The third kappa shape index (κ3) is 5.02. The molecule has 23 heavy (non-hydrogen) atoms. The van der Waals surface area contributed by atoms with E-state index >= 15 is 0 Å². The molecule has 1 fully saturated rings. The molecule has 0 spiro atoms. The Hall–Kier alpha value is -1.44. The van der Waals surface area contributed by atoms with Gasteiger partial charge in [-0.2, -0.15) is 4.31 Å². The monoisotopic (exact) mass is 339 g/mol. The first kappa shape index (κ1) is 17.9. The number of rotatable bonds is 7. The van der Waals surface area contributed by atoms with Gasteiger partial charge in [0.15, 0.2) is 0 Å². The van der Waals surface area contributed by atoms with Crippen LogP contribution in [0.4, 0.5) is 5.69 Å². The molecule has 0 aromatic heterocycles. The van der Waals surface area contributed by atoms with E-state index in [1.807, 2.05) is 7.05 Å². The number of benzene rings is 1. The maximum atomic E-state index is 12.6. The molecule has 0 unspecified atom stereocenters. The molecule has 0 bridgehead atoms. The lowest BCUT2D eigenvalue weighted by Crippen LogP contribution is -2.35. The largest absolute Gasteiger partial charge is 0.326 e. The normalized spacial score (nSPS) is 16.2. The standard InChI is InChI=1S/C16H25N3O3S/c1-17-10-6-9-16(20)18-14-7-5-8-15(13-14)23(21,22)19-11-3-2-4-12-19/h5,7-8,13,17H,2-4,6,9-12H2,1H3,(H,18,20). The van der Waals surface area contributed by atoms with Crippen molar-refractivity contribution in [2.24, 2.45) is 0 Å². The van der Waals surface area contributed by atoms with Gasteiger partial charge in [-0.25, -0.2) is 8.42 Å². The highest BCUT2D eigenvalue weighted by molar-refractivity contribution is 7.89. The Morgan fingerprint density at radius 2 is 1.96 bits per heavy atom. The number of nitrogens with one attached hydrogen (secondary N) is 2. The van der Waals surface area contributed by atoms with Crippen molar-refractivity contribution in [2.45, 2.75) is 37.0 Å². The van der Waals surface area contributed by atoms with E-state index < -0.39 is 10.0 Å². The van der Waals surface area contributed by atoms with Gasteiger partial charge >= 0.3 is 0 Å². The molecule has 0 radical (unpaired) electrons. The molecule has 1 aromatic carbocycles. The van der Waals surface area contributed by atoms with Crippen LogP contribution in [0.1, 0.15) is 32.1 Å². The van der Waals surface area contributed by atoms with Crippen LogP contribution in [0.5, 0.6) is 0 Å². The summed E-state index contributed by atoms with van der Waals surface area (Å²) in [4.78, 5) is 12.1. The first-order chi connectivity index (χ1) is 11.0. The number of sulfonamides is 1. The molecule has 128 valence electrons. The van der Waals surface area contributed by atoms with Gasteiger partial charge in [0.1, 0.15) is 0 Å². The van der Waals surface area contributed by atoms with E-state index in [0.29, 0.717) is 25.2 Å². The highest BCUT2D eigenvalue weighted by atomic mass is 32.2. The van der Waals surface area contributed by atoms with E-state index in [1.54, 1.807) is 24.3 Å². The average Bonchev–Trinajstić information content (AvgIpc) is 2.56. The van der Waals surface area contributed by atoms with Crippen molar-refractivity contribution < 1.29 is 13.2 Å². The molecule has 1 amide bonds. The third-order valence-corrected chi connectivity index (χ3v) is 5.80. The molecule has 1 aliphatic rings. The van der Waals surface area contributed by atoms with Gasteiger partial charge in [-0.05, 0) is 51.1 Å². The van der Waals surface area contributed by atoms with Crippen molar-refractivity contribution in [3.05, 3.63) is 24.3 Å². The maximum Gasteiger partial charge on any atom is 0.243 e. The Balaban J connectivity index is 2.05. The summed E-state index contributed by atoms with van der Waals surface area (Å²) in [5.74, 6) is -0.104. The minimum atomic E-state index is -3.47. The minimum Gasteiger partial charge on any atom is -0.326 e. The molecule has 6 nitrogen and oxygen atoms in total. The average molecular weight is 339 g/mol. The lowest BCUT2D eigenvalue weighted by Gasteiger charge is -2.26. The number of nitrogens with zero attached hydrogens (tertiary/aromatic N) is 1. The topological polar surface area (TPSA) is 78.5 Å². The number of amides is 1. The number of carbonyl (C=O) groups is 1. The van der Waals surface area contributed by atoms with Crippen LogP contribution >= 0.6 is 0 Å². The van der Waals surface area contributed by atoms with Crippen LogP contribution in [0.2, 0.25) is 0 Å². The molecular weight excluding hydrogens is 314 g/mol. The van der Waals surface area contributed by atoms with Gasteiger partial charge in [-0.15, -0.1) is 0 Å². The van der Waals surface area contributed by atoms with Crippen molar-refractivity contribution in [3.8, 4) is 0 Å². The van der Waals surface area contributed by atoms with Crippen molar-refractivity contribution in [2.75, 3.05) is 32.0 Å². The molecule has 2 rings (SSSR count). The first-order valence-corrected chi connectivity index (χ1v) is 9.53. The fraction of sp³-hybridized carbons (Fsp3) is 0.562. The Kier molecular flexibility index (Phi) is 6.56. The fourth-order valence-electron chi connectivity index (χ4n) is 2.64. The second kappa shape index (κ2) is 8.42. The van der Waals surface area contributed by atoms with E-state index in [-0.39, 0.29) is 10.8 Å². The Morgan fingerprint density at radius 3 is 2.65 bits per heavy atom. The molecule has 0 saturated carbocycles. The van der Waals surface area contributed by atoms with Crippen molar-refractivity contribution in [3.63, 3.8) is 0 Å². The van der Waals surface area contributed by atoms with Gasteiger partial charge in [0, 0.05) is 25.2 Å². The second-order valence-electron chi connectivity index (χ2n) is 5.75. The summed E-state index contributed by atoms with van der Waals surface area (Å²) in [6, 6.07) is 6.51. The first-order valence-electron chi connectivity index (χ1n) is 8.09. The zero-order valence-corrected chi connectivity index (χ0v) is 14.4. The zero-order chi connectivity index (χ0) is 16.7. The summed E-state index contributed by atoms with van der Waals surface area (Å²) in [6.07, 6.45) is 4.04. The number of hydrogen-bond acceptors (Lipinski definition) is 4. The smallest absolute Gasteiger partial charge is 0.243 e. The molecule has 1 saturated heterocycles. The highest BCUT2D eigenvalue weighted by Crippen LogP contribution is 2.22. The molecule has 1 aliphatic heterocycles. The SMILES string of the molecule is CNCCCC(=O)Nc1cccc(S(=O)(=O)N2CCCCC2)c1. The highest BCUT2D eigenvalue weighted by Gasteiger charge is 2.26. The number of piperidine rings is 1. The molecule has 0 aliphatic carbocycles. The van der Waals surface area contributed by atoms with Crippen LogP contribution in [-0.4, -0.2) is 45.3 Å². The van der Waals surface area contributed by atoms with Crippen LogP contribution < -0.4 is 10.6 Å². The Morgan fingerprint density at radius 1 is 1.22 bits per heavy atom. The number of hydrogen-bond donors (Lipinski definition) is 2. The quantitative estimate of drug-likeness (QED) is 0.743. The molecule has 1 heterocycles. The Bertz CT molecular complexity index is 625. The predicted molar refractivity (Wildman–Crippen MR) is 90.8 cm³/mol. The third-order valence-electron chi connectivity index (χ3n) is 3.90. The zero-order valence-electron chi connectivity index (χ0n) is 13.5. The van der Waals surface area contributed by atoms with E-state index in [9.17, 15) is 13.2 Å². The number of anilines is 1. The van der Waals surface area contributed by atoms with Gasteiger partial charge < -0.3 is 10.6 Å². The van der Waals surface area contributed by atoms with Gasteiger partial charge in [0.05, 0.1) is 4.90 Å². The lowest BCUT2D eigenvalue weighted by atomic mass is 10.2. The van der Waals surface area contributed by atoms with Gasteiger partial charge in [0.25, 0.3) is 0 Å². The van der Waals surface area contributed by atoms with Crippen molar-refractivity contribution >= 4 is 21.6 Å². The van der Waals surface area contributed by atoms with E-state index in [2.05, 4.69) is 10.6 Å². The van der Waals surface area contributed by atoms with Crippen LogP contribution in [0, 0.1) is 0 Å². The van der Waals surface area contributed by atoms with Gasteiger partial charge in [0.2, 0.25) is 15.9 Å². The van der Waals surface area contributed by atoms with E-state index in [0.717, 1.165) is 32.2 Å². The lowest BCUT2D eigenvalue weighted by molar-refractivity contribution is -0.116. The molecule has 0 atom stereocenters. The number of carbonyl (C=O) groups excluding carboxylic acids is 1. The molecule has 2 N–H and O–H groups in total.